The number of hydrogen-bond donors (Lipinski definition) is 2. The Bertz CT molecular complexity index is 696. The molecular formula is C17H18N2O3. The summed E-state index contributed by atoms with van der Waals surface area (Å²) in [5, 5.41) is 14.2. The summed E-state index contributed by atoms with van der Waals surface area (Å²) < 4.78 is 5.43. The van der Waals surface area contributed by atoms with E-state index in [0.717, 1.165) is 11.3 Å². The van der Waals surface area contributed by atoms with Crippen LogP contribution in [0.15, 0.2) is 47.6 Å². The van der Waals surface area contributed by atoms with Gasteiger partial charge in [0.25, 0.3) is 5.91 Å². The van der Waals surface area contributed by atoms with Gasteiger partial charge in [-0.15, -0.1) is 0 Å². The Labute approximate surface area is 129 Å². The molecule has 0 aliphatic rings. The molecule has 2 aromatic rings. The molecule has 0 unspecified atom stereocenters. The lowest BCUT2D eigenvalue weighted by Gasteiger charge is -2.09. The molecule has 5 nitrogen and oxygen atoms in total. The first kappa shape index (κ1) is 15.6. The molecule has 5 heteroatoms. The zero-order valence-corrected chi connectivity index (χ0v) is 12.5. The number of amides is 1. The molecule has 0 radical (unpaired) electrons. The van der Waals surface area contributed by atoms with Crippen LogP contribution in [0.5, 0.6) is 5.75 Å². The number of ether oxygens (including phenoxy) is 1. The van der Waals surface area contributed by atoms with Crippen molar-refractivity contribution in [2.45, 2.75) is 13.8 Å². The molecule has 0 aliphatic carbocycles. The minimum Gasteiger partial charge on any atom is -0.484 e. The van der Waals surface area contributed by atoms with Crippen molar-refractivity contribution in [2.24, 2.45) is 5.16 Å². The second-order valence-corrected chi connectivity index (χ2v) is 4.95. The molecule has 2 rings (SSSR count). The zero-order valence-electron chi connectivity index (χ0n) is 12.5. The van der Waals surface area contributed by atoms with Gasteiger partial charge in [-0.25, -0.2) is 0 Å². The molecule has 114 valence electrons. The number of rotatable bonds is 5. The third-order valence-electron chi connectivity index (χ3n) is 3.23. The number of nitrogens with zero attached hydrogens (tertiary/aromatic N) is 1. The van der Waals surface area contributed by atoms with Crippen molar-refractivity contribution in [1.82, 2.24) is 0 Å². The molecule has 0 heterocycles. The molecule has 1 amide bonds. The summed E-state index contributed by atoms with van der Waals surface area (Å²) >= 11 is 0. The van der Waals surface area contributed by atoms with Gasteiger partial charge < -0.3 is 15.3 Å². The van der Waals surface area contributed by atoms with Gasteiger partial charge in [-0.2, -0.15) is 0 Å². The fourth-order valence-electron chi connectivity index (χ4n) is 1.92. The molecular weight excluding hydrogens is 280 g/mol. The molecule has 0 fully saturated rings. The minimum atomic E-state index is -0.232. The van der Waals surface area contributed by atoms with Crippen LogP contribution in [-0.4, -0.2) is 23.9 Å². The van der Waals surface area contributed by atoms with Gasteiger partial charge in [0.1, 0.15) is 5.75 Å². The Morgan fingerprint density at radius 1 is 1.23 bits per heavy atom. The number of aryl methyl sites for hydroxylation is 2. The smallest absolute Gasteiger partial charge is 0.262 e. The number of nitrogens with one attached hydrogen (secondary N) is 1. The molecule has 22 heavy (non-hydrogen) atoms. The van der Waals surface area contributed by atoms with Crippen LogP contribution in [0, 0.1) is 13.8 Å². The van der Waals surface area contributed by atoms with Crippen molar-refractivity contribution >= 4 is 17.8 Å². The quantitative estimate of drug-likeness (QED) is 0.506. The second kappa shape index (κ2) is 7.26. The van der Waals surface area contributed by atoms with Gasteiger partial charge >= 0.3 is 0 Å². The average molecular weight is 298 g/mol. The molecule has 0 aromatic heterocycles. The predicted molar refractivity (Wildman–Crippen MR) is 85.9 cm³/mol. The van der Waals surface area contributed by atoms with E-state index in [1.165, 1.54) is 11.8 Å². The highest BCUT2D eigenvalue weighted by molar-refractivity contribution is 5.92. The van der Waals surface area contributed by atoms with Crippen molar-refractivity contribution < 1.29 is 14.7 Å². The fourth-order valence-corrected chi connectivity index (χ4v) is 1.92. The Morgan fingerprint density at radius 2 is 2.05 bits per heavy atom. The molecule has 0 atom stereocenters. The maximum atomic E-state index is 11.9. The van der Waals surface area contributed by atoms with E-state index in [4.69, 9.17) is 9.94 Å². The van der Waals surface area contributed by atoms with Crippen molar-refractivity contribution in [3.05, 3.63) is 59.2 Å². The monoisotopic (exact) mass is 298 g/mol. The van der Waals surface area contributed by atoms with Crippen LogP contribution in [0.3, 0.4) is 0 Å². The van der Waals surface area contributed by atoms with Crippen LogP contribution < -0.4 is 10.1 Å². The largest absolute Gasteiger partial charge is 0.484 e. The Balaban J connectivity index is 1.92. The van der Waals surface area contributed by atoms with Gasteiger partial charge in [-0.05, 0) is 54.8 Å². The lowest BCUT2D eigenvalue weighted by molar-refractivity contribution is -0.118. The van der Waals surface area contributed by atoms with Crippen LogP contribution in [0.2, 0.25) is 0 Å². The third kappa shape index (κ3) is 4.34. The Hall–Kier alpha value is -2.82. The van der Waals surface area contributed by atoms with Gasteiger partial charge in [-0.3, -0.25) is 4.79 Å². The van der Waals surface area contributed by atoms with Crippen molar-refractivity contribution in [2.75, 3.05) is 11.9 Å². The van der Waals surface area contributed by atoms with Crippen LogP contribution in [0.1, 0.15) is 16.7 Å². The van der Waals surface area contributed by atoms with Gasteiger partial charge in [0, 0.05) is 5.69 Å². The second-order valence-electron chi connectivity index (χ2n) is 4.95. The zero-order chi connectivity index (χ0) is 15.9. The first-order valence-electron chi connectivity index (χ1n) is 6.86. The summed E-state index contributed by atoms with van der Waals surface area (Å²) in [5.74, 6) is 0.303. The maximum absolute atomic E-state index is 11.9. The lowest BCUT2D eigenvalue weighted by Crippen LogP contribution is -2.20. The van der Waals surface area contributed by atoms with Crippen LogP contribution >= 0.6 is 0 Å². The molecule has 2 aromatic carbocycles. The Morgan fingerprint density at radius 3 is 2.77 bits per heavy atom. The molecule has 0 aliphatic heterocycles. The first-order valence-corrected chi connectivity index (χ1v) is 6.86. The van der Waals surface area contributed by atoms with E-state index in [2.05, 4.69) is 10.5 Å². The standard InChI is InChI=1S/C17H18N2O3/c1-12-6-7-15(8-13(12)2)19-17(20)11-22-16-5-3-4-14(9-16)10-18-21/h3-10,21H,11H2,1-2H3,(H,19,20)/b18-10-. The van der Waals surface area contributed by atoms with Gasteiger partial charge in [0.15, 0.2) is 6.61 Å². The molecule has 2 N–H and O–H groups in total. The number of benzene rings is 2. The summed E-state index contributed by atoms with van der Waals surface area (Å²) in [7, 11) is 0. The van der Waals surface area contributed by atoms with Gasteiger partial charge in [0.05, 0.1) is 6.21 Å². The van der Waals surface area contributed by atoms with E-state index in [9.17, 15) is 4.79 Å². The summed E-state index contributed by atoms with van der Waals surface area (Å²) in [5.41, 5.74) is 3.73. The summed E-state index contributed by atoms with van der Waals surface area (Å²) in [4.78, 5) is 11.9. The maximum Gasteiger partial charge on any atom is 0.262 e. The van der Waals surface area contributed by atoms with Crippen molar-refractivity contribution in [3.63, 3.8) is 0 Å². The highest BCUT2D eigenvalue weighted by Gasteiger charge is 2.05. The minimum absolute atomic E-state index is 0.0906. The van der Waals surface area contributed by atoms with E-state index in [1.807, 2.05) is 32.0 Å². The van der Waals surface area contributed by atoms with Crippen LogP contribution in [0.25, 0.3) is 0 Å². The number of oxime groups is 1. The average Bonchev–Trinajstić information content (AvgIpc) is 2.50. The summed E-state index contributed by atoms with van der Waals surface area (Å²) in [6.07, 6.45) is 1.29. The van der Waals surface area contributed by atoms with Crippen molar-refractivity contribution in [3.8, 4) is 5.75 Å². The molecule has 0 spiro atoms. The molecule has 0 bridgehead atoms. The fraction of sp³-hybridized carbons (Fsp3) is 0.176. The summed E-state index contributed by atoms with van der Waals surface area (Å²) in [6, 6.07) is 12.7. The SMILES string of the molecule is Cc1ccc(NC(=O)COc2cccc(/C=N\O)c2)cc1C. The lowest BCUT2D eigenvalue weighted by atomic mass is 10.1. The van der Waals surface area contributed by atoms with E-state index < -0.39 is 0 Å². The third-order valence-corrected chi connectivity index (χ3v) is 3.23. The molecule has 0 saturated carbocycles. The van der Waals surface area contributed by atoms with E-state index in [0.29, 0.717) is 11.3 Å². The summed E-state index contributed by atoms with van der Waals surface area (Å²) in [6.45, 7) is 3.93. The van der Waals surface area contributed by atoms with E-state index in [1.54, 1.807) is 24.3 Å². The van der Waals surface area contributed by atoms with E-state index >= 15 is 0 Å². The predicted octanol–water partition coefficient (Wildman–Crippen LogP) is 3.13. The van der Waals surface area contributed by atoms with Crippen LogP contribution in [-0.2, 0) is 4.79 Å². The van der Waals surface area contributed by atoms with Gasteiger partial charge in [-0.1, -0.05) is 23.4 Å². The number of carbonyl (C=O) groups is 1. The van der Waals surface area contributed by atoms with Gasteiger partial charge in [0.2, 0.25) is 0 Å². The molecule has 0 saturated heterocycles. The highest BCUT2D eigenvalue weighted by Crippen LogP contribution is 2.15. The van der Waals surface area contributed by atoms with Crippen LogP contribution in [0.4, 0.5) is 5.69 Å². The first-order chi connectivity index (χ1) is 10.6. The number of carbonyl (C=O) groups excluding carboxylic acids is 1. The Kier molecular flexibility index (Phi) is 5.14. The van der Waals surface area contributed by atoms with E-state index in [-0.39, 0.29) is 12.5 Å². The van der Waals surface area contributed by atoms with Crippen molar-refractivity contribution in [1.29, 1.82) is 0 Å². The topological polar surface area (TPSA) is 70.9 Å². The highest BCUT2D eigenvalue weighted by atomic mass is 16.5. The number of hydrogen-bond acceptors (Lipinski definition) is 4. The number of anilines is 1. The normalized spacial score (nSPS) is 10.6.